The number of carbonyl (C=O) groups is 2. The van der Waals surface area contributed by atoms with Gasteiger partial charge < -0.3 is 19.7 Å². The average Bonchev–Trinajstić information content (AvgIpc) is 2.81. The van der Waals surface area contributed by atoms with Crippen molar-refractivity contribution >= 4 is 11.8 Å². The minimum atomic E-state index is -0.520. The number of nitrogens with zero attached hydrogens (tertiary/aromatic N) is 2. The predicted octanol–water partition coefficient (Wildman–Crippen LogP) is 2.62. The van der Waals surface area contributed by atoms with Crippen LogP contribution in [0.2, 0.25) is 0 Å². The fourth-order valence-corrected chi connectivity index (χ4v) is 3.94. The van der Waals surface area contributed by atoms with E-state index in [-0.39, 0.29) is 18.2 Å². The van der Waals surface area contributed by atoms with Gasteiger partial charge in [0.25, 0.3) is 0 Å². The van der Waals surface area contributed by atoms with E-state index in [0.29, 0.717) is 37.7 Å². The van der Waals surface area contributed by atoms with Gasteiger partial charge in [-0.3, -0.25) is 14.5 Å². The third kappa shape index (κ3) is 5.79. The van der Waals surface area contributed by atoms with E-state index in [1.54, 1.807) is 26.2 Å². The van der Waals surface area contributed by atoms with Gasteiger partial charge in [0.1, 0.15) is 11.5 Å². The van der Waals surface area contributed by atoms with Crippen LogP contribution in [0.4, 0.5) is 0 Å². The highest BCUT2D eigenvalue weighted by Gasteiger charge is 2.33. The summed E-state index contributed by atoms with van der Waals surface area (Å²) in [5, 5.41) is 2.90. The Balaban J connectivity index is 1.68. The quantitative estimate of drug-likeness (QED) is 0.650. The van der Waals surface area contributed by atoms with Crippen LogP contribution in [0.25, 0.3) is 0 Å². The molecule has 0 saturated carbocycles. The Kier molecular flexibility index (Phi) is 8.11. The van der Waals surface area contributed by atoms with Crippen molar-refractivity contribution in [3.05, 3.63) is 59.2 Å². The molecule has 1 N–H and O–H groups in total. The summed E-state index contributed by atoms with van der Waals surface area (Å²) in [6.07, 6.45) is 1.12. The number of benzene rings is 2. The second kappa shape index (κ2) is 11.0. The number of hydrogen-bond donors (Lipinski definition) is 1. The lowest BCUT2D eigenvalue weighted by molar-refractivity contribution is -0.138. The van der Waals surface area contributed by atoms with Crippen LogP contribution < -0.4 is 14.8 Å². The highest BCUT2D eigenvalue weighted by molar-refractivity contribution is 5.88. The van der Waals surface area contributed by atoms with Gasteiger partial charge in [0.05, 0.1) is 26.7 Å². The van der Waals surface area contributed by atoms with Crippen molar-refractivity contribution < 1.29 is 19.1 Å². The average molecular weight is 440 g/mol. The number of hydrogen-bond acceptors (Lipinski definition) is 5. The Hall–Kier alpha value is -3.06. The molecule has 7 heteroatoms. The van der Waals surface area contributed by atoms with Gasteiger partial charge in [-0.25, -0.2) is 0 Å². The van der Waals surface area contributed by atoms with Gasteiger partial charge in [0.2, 0.25) is 11.8 Å². The fourth-order valence-electron chi connectivity index (χ4n) is 3.94. The van der Waals surface area contributed by atoms with Crippen LogP contribution in [0, 0.1) is 0 Å². The Labute approximate surface area is 190 Å². The van der Waals surface area contributed by atoms with Crippen LogP contribution in [0.1, 0.15) is 30.0 Å². The van der Waals surface area contributed by atoms with E-state index in [1.807, 2.05) is 23.1 Å². The van der Waals surface area contributed by atoms with Gasteiger partial charge in [-0.1, -0.05) is 37.3 Å². The number of amides is 2. The standard InChI is InChI=1S/C25H33N3O4/c1-5-18-6-8-19(9-7-18)16-27(2)24(29)15-22-25(30)26-12-13-28(22)17-20-10-11-21(31-3)14-23(20)32-4/h6-11,14,22H,5,12-13,15-17H2,1-4H3,(H,26,30)/t22-/m0/s1. The summed E-state index contributed by atoms with van der Waals surface area (Å²) in [5.41, 5.74) is 3.29. The zero-order chi connectivity index (χ0) is 23.1. The first-order valence-electron chi connectivity index (χ1n) is 11.0. The first-order valence-corrected chi connectivity index (χ1v) is 11.0. The predicted molar refractivity (Wildman–Crippen MR) is 124 cm³/mol. The molecule has 1 aliphatic heterocycles. The number of aryl methyl sites for hydroxylation is 1. The van der Waals surface area contributed by atoms with Gasteiger partial charge in [0, 0.05) is 44.9 Å². The molecule has 1 atom stereocenters. The van der Waals surface area contributed by atoms with Gasteiger partial charge in [-0.15, -0.1) is 0 Å². The molecule has 2 amide bonds. The van der Waals surface area contributed by atoms with E-state index < -0.39 is 6.04 Å². The number of nitrogens with one attached hydrogen (secondary N) is 1. The fraction of sp³-hybridized carbons (Fsp3) is 0.440. The summed E-state index contributed by atoms with van der Waals surface area (Å²) >= 11 is 0. The van der Waals surface area contributed by atoms with Crippen molar-refractivity contribution in [3.63, 3.8) is 0 Å². The SMILES string of the molecule is CCc1ccc(CN(C)C(=O)C[C@H]2C(=O)NCCN2Cc2ccc(OC)cc2OC)cc1. The van der Waals surface area contributed by atoms with Gasteiger partial charge in [0.15, 0.2) is 0 Å². The first kappa shape index (κ1) is 23.6. The van der Waals surface area contributed by atoms with Crippen LogP contribution >= 0.6 is 0 Å². The topological polar surface area (TPSA) is 71.1 Å². The molecule has 172 valence electrons. The maximum atomic E-state index is 13.0. The van der Waals surface area contributed by atoms with E-state index in [0.717, 1.165) is 17.5 Å². The summed E-state index contributed by atoms with van der Waals surface area (Å²) in [5.74, 6) is 1.24. The molecule has 32 heavy (non-hydrogen) atoms. The Morgan fingerprint density at radius 2 is 1.84 bits per heavy atom. The minimum Gasteiger partial charge on any atom is -0.497 e. The molecule has 3 rings (SSSR count). The van der Waals surface area contributed by atoms with Crippen molar-refractivity contribution in [2.75, 3.05) is 34.4 Å². The monoisotopic (exact) mass is 439 g/mol. The van der Waals surface area contributed by atoms with Crippen LogP contribution in [0.15, 0.2) is 42.5 Å². The summed E-state index contributed by atoms with van der Waals surface area (Å²) in [6.45, 7) is 4.38. The van der Waals surface area contributed by atoms with E-state index in [1.165, 1.54) is 5.56 Å². The second-order valence-corrected chi connectivity index (χ2v) is 8.08. The van der Waals surface area contributed by atoms with Gasteiger partial charge in [-0.05, 0) is 23.6 Å². The molecular weight excluding hydrogens is 406 g/mol. The molecule has 7 nitrogen and oxygen atoms in total. The zero-order valence-electron chi connectivity index (χ0n) is 19.4. The van der Waals surface area contributed by atoms with E-state index in [9.17, 15) is 9.59 Å². The Bertz CT molecular complexity index is 929. The maximum absolute atomic E-state index is 13.0. The molecule has 0 aliphatic carbocycles. The summed E-state index contributed by atoms with van der Waals surface area (Å²) in [4.78, 5) is 29.4. The number of methoxy groups -OCH3 is 2. The molecule has 1 saturated heterocycles. The molecule has 1 aliphatic rings. The highest BCUT2D eigenvalue weighted by atomic mass is 16.5. The zero-order valence-corrected chi connectivity index (χ0v) is 19.4. The third-order valence-electron chi connectivity index (χ3n) is 5.95. The Morgan fingerprint density at radius 1 is 1.12 bits per heavy atom. The van der Waals surface area contributed by atoms with Crippen LogP contribution in [-0.2, 0) is 29.1 Å². The largest absolute Gasteiger partial charge is 0.497 e. The number of carbonyl (C=O) groups excluding carboxylic acids is 2. The highest BCUT2D eigenvalue weighted by Crippen LogP contribution is 2.27. The number of rotatable bonds is 9. The lowest BCUT2D eigenvalue weighted by atomic mass is 10.0. The molecule has 1 fully saturated rings. The van der Waals surface area contributed by atoms with Crippen LogP contribution in [-0.4, -0.2) is 62.0 Å². The minimum absolute atomic E-state index is 0.0571. The number of ether oxygens (including phenoxy) is 2. The van der Waals surface area contributed by atoms with E-state index >= 15 is 0 Å². The third-order valence-corrected chi connectivity index (χ3v) is 5.95. The molecule has 2 aromatic rings. The van der Waals surface area contributed by atoms with Crippen molar-refractivity contribution in [1.29, 1.82) is 0 Å². The maximum Gasteiger partial charge on any atom is 0.237 e. The summed E-state index contributed by atoms with van der Waals surface area (Å²) in [7, 11) is 5.01. The van der Waals surface area contributed by atoms with Crippen molar-refractivity contribution in [2.45, 2.75) is 38.9 Å². The smallest absolute Gasteiger partial charge is 0.237 e. The van der Waals surface area contributed by atoms with Crippen LogP contribution in [0.3, 0.4) is 0 Å². The summed E-state index contributed by atoms with van der Waals surface area (Å²) < 4.78 is 10.8. The van der Waals surface area contributed by atoms with E-state index in [4.69, 9.17) is 9.47 Å². The molecule has 0 radical (unpaired) electrons. The van der Waals surface area contributed by atoms with Gasteiger partial charge >= 0.3 is 0 Å². The molecule has 0 bridgehead atoms. The molecule has 0 spiro atoms. The Morgan fingerprint density at radius 3 is 2.50 bits per heavy atom. The molecular formula is C25H33N3O4. The van der Waals surface area contributed by atoms with Crippen LogP contribution in [0.5, 0.6) is 11.5 Å². The normalized spacial score (nSPS) is 16.4. The molecule has 1 heterocycles. The molecule has 0 aromatic heterocycles. The first-order chi connectivity index (χ1) is 15.4. The van der Waals surface area contributed by atoms with E-state index in [2.05, 4.69) is 36.5 Å². The molecule has 0 unspecified atom stereocenters. The van der Waals surface area contributed by atoms with Crippen molar-refractivity contribution in [2.24, 2.45) is 0 Å². The van der Waals surface area contributed by atoms with Crippen molar-refractivity contribution in [3.8, 4) is 11.5 Å². The van der Waals surface area contributed by atoms with Gasteiger partial charge in [-0.2, -0.15) is 0 Å². The number of piperazine rings is 1. The second-order valence-electron chi connectivity index (χ2n) is 8.08. The van der Waals surface area contributed by atoms with Crippen molar-refractivity contribution in [1.82, 2.24) is 15.1 Å². The lowest BCUT2D eigenvalue weighted by Crippen LogP contribution is -2.56. The lowest BCUT2D eigenvalue weighted by Gasteiger charge is -2.35. The molecule has 2 aromatic carbocycles. The summed E-state index contributed by atoms with van der Waals surface area (Å²) in [6, 6.07) is 13.4.